The van der Waals surface area contributed by atoms with Gasteiger partial charge in [-0.2, -0.15) is 0 Å². The molecular formula is C17H28N4O. The van der Waals surface area contributed by atoms with E-state index in [2.05, 4.69) is 51.7 Å². The van der Waals surface area contributed by atoms with Crippen molar-refractivity contribution in [3.05, 3.63) is 30.3 Å². The van der Waals surface area contributed by atoms with Crippen LogP contribution in [0.2, 0.25) is 0 Å². The van der Waals surface area contributed by atoms with Crippen LogP contribution in [0, 0.1) is 5.92 Å². The molecule has 5 heteroatoms. The maximum Gasteiger partial charge on any atom is 0.191 e. The van der Waals surface area contributed by atoms with Crippen LogP contribution in [0.25, 0.3) is 0 Å². The van der Waals surface area contributed by atoms with Gasteiger partial charge in [0.05, 0.1) is 0 Å². The van der Waals surface area contributed by atoms with Crippen LogP contribution in [0.5, 0.6) is 0 Å². The molecule has 0 aliphatic carbocycles. The smallest absolute Gasteiger partial charge is 0.191 e. The second-order valence-corrected chi connectivity index (χ2v) is 5.92. The van der Waals surface area contributed by atoms with Crippen molar-refractivity contribution in [1.82, 2.24) is 10.6 Å². The Hall–Kier alpha value is -1.75. The molecule has 5 nitrogen and oxygen atoms in total. The number of hydrogen-bond acceptors (Lipinski definition) is 3. The number of nitrogens with one attached hydrogen (secondary N) is 2. The van der Waals surface area contributed by atoms with Gasteiger partial charge in [-0.05, 0) is 31.4 Å². The van der Waals surface area contributed by atoms with E-state index < -0.39 is 0 Å². The van der Waals surface area contributed by atoms with E-state index in [0.717, 1.165) is 32.0 Å². The van der Waals surface area contributed by atoms with Crippen LogP contribution in [0.1, 0.15) is 20.3 Å². The average molecular weight is 304 g/mol. The summed E-state index contributed by atoms with van der Waals surface area (Å²) < 4.78 is 0. The van der Waals surface area contributed by atoms with E-state index in [1.807, 2.05) is 13.0 Å². The molecule has 0 radical (unpaired) electrons. The number of aliphatic hydroxyl groups is 1. The van der Waals surface area contributed by atoms with Gasteiger partial charge >= 0.3 is 0 Å². The van der Waals surface area contributed by atoms with Crippen molar-refractivity contribution in [2.24, 2.45) is 10.9 Å². The number of guanidine groups is 1. The molecule has 0 saturated carbocycles. The number of nitrogens with zero attached hydrogens (tertiary/aromatic N) is 2. The van der Waals surface area contributed by atoms with Gasteiger partial charge in [-0.15, -0.1) is 0 Å². The topological polar surface area (TPSA) is 59.9 Å². The molecule has 2 unspecified atom stereocenters. The first-order valence-corrected chi connectivity index (χ1v) is 8.18. The molecule has 1 aromatic rings. The van der Waals surface area contributed by atoms with Gasteiger partial charge in [-0.3, -0.25) is 4.99 Å². The van der Waals surface area contributed by atoms with E-state index in [1.54, 1.807) is 0 Å². The van der Waals surface area contributed by atoms with Crippen LogP contribution in [0.4, 0.5) is 5.69 Å². The van der Waals surface area contributed by atoms with Crippen LogP contribution in [0.3, 0.4) is 0 Å². The zero-order valence-electron chi connectivity index (χ0n) is 13.6. The highest BCUT2D eigenvalue weighted by Gasteiger charge is 2.23. The Labute approximate surface area is 133 Å². The first-order chi connectivity index (χ1) is 10.7. The first kappa shape index (κ1) is 16.6. The summed E-state index contributed by atoms with van der Waals surface area (Å²) in [6, 6.07) is 10.9. The highest BCUT2D eigenvalue weighted by Crippen LogP contribution is 2.19. The molecule has 2 atom stereocenters. The molecule has 1 heterocycles. The normalized spacial score (nSPS) is 20.0. The van der Waals surface area contributed by atoms with Gasteiger partial charge in [-0.25, -0.2) is 0 Å². The highest BCUT2D eigenvalue weighted by molar-refractivity contribution is 5.80. The molecule has 0 bridgehead atoms. The lowest BCUT2D eigenvalue weighted by molar-refractivity contribution is 0.241. The molecule has 1 aromatic carbocycles. The number of aliphatic imine (C=N–C) groups is 1. The minimum atomic E-state index is 0.175. The van der Waals surface area contributed by atoms with E-state index in [4.69, 9.17) is 5.11 Å². The lowest BCUT2D eigenvalue weighted by atomic mass is 10.2. The summed E-state index contributed by atoms with van der Waals surface area (Å²) in [7, 11) is 0. The van der Waals surface area contributed by atoms with Crippen molar-refractivity contribution in [3.8, 4) is 0 Å². The lowest BCUT2D eigenvalue weighted by Crippen LogP contribution is -2.44. The zero-order valence-corrected chi connectivity index (χ0v) is 13.6. The SMILES string of the molecule is CCNC(=NCC(C)CO)NC1CCN(c2ccccc2)C1. The third-order valence-corrected chi connectivity index (χ3v) is 3.87. The van der Waals surface area contributed by atoms with Gasteiger partial charge in [0.15, 0.2) is 5.96 Å². The molecule has 1 saturated heterocycles. The quantitative estimate of drug-likeness (QED) is 0.550. The van der Waals surface area contributed by atoms with E-state index in [0.29, 0.717) is 12.6 Å². The fraction of sp³-hybridized carbons (Fsp3) is 0.588. The van der Waals surface area contributed by atoms with Gasteiger partial charge in [0, 0.05) is 44.5 Å². The second kappa shape index (κ2) is 8.63. The Morgan fingerprint density at radius 2 is 2.18 bits per heavy atom. The van der Waals surface area contributed by atoms with Crippen LogP contribution in [0.15, 0.2) is 35.3 Å². The maximum absolute atomic E-state index is 9.11. The van der Waals surface area contributed by atoms with E-state index in [9.17, 15) is 0 Å². The Bertz CT molecular complexity index is 463. The molecule has 122 valence electrons. The Morgan fingerprint density at radius 1 is 1.41 bits per heavy atom. The van der Waals surface area contributed by atoms with Crippen molar-refractivity contribution in [2.45, 2.75) is 26.3 Å². The molecule has 22 heavy (non-hydrogen) atoms. The number of para-hydroxylation sites is 1. The largest absolute Gasteiger partial charge is 0.396 e. The van der Waals surface area contributed by atoms with Gasteiger partial charge in [-0.1, -0.05) is 25.1 Å². The minimum Gasteiger partial charge on any atom is -0.396 e. The minimum absolute atomic E-state index is 0.175. The molecule has 1 aliphatic heterocycles. The summed E-state index contributed by atoms with van der Waals surface area (Å²) in [5.41, 5.74) is 1.28. The monoisotopic (exact) mass is 304 g/mol. The van der Waals surface area contributed by atoms with Crippen molar-refractivity contribution in [2.75, 3.05) is 37.7 Å². The van der Waals surface area contributed by atoms with E-state index >= 15 is 0 Å². The summed E-state index contributed by atoms with van der Waals surface area (Å²) in [5.74, 6) is 1.04. The molecule has 1 fully saturated rings. The number of hydrogen-bond donors (Lipinski definition) is 3. The van der Waals surface area contributed by atoms with Gasteiger partial charge in [0.1, 0.15) is 0 Å². The third-order valence-electron chi connectivity index (χ3n) is 3.87. The van der Waals surface area contributed by atoms with E-state index in [1.165, 1.54) is 5.69 Å². The summed E-state index contributed by atoms with van der Waals surface area (Å²) in [4.78, 5) is 6.96. The highest BCUT2D eigenvalue weighted by atomic mass is 16.3. The standard InChI is InChI=1S/C17H28N4O/c1-3-18-17(19-11-14(2)13-22)20-15-9-10-21(12-15)16-7-5-4-6-8-16/h4-8,14-15,22H,3,9-13H2,1-2H3,(H2,18,19,20). The second-order valence-electron chi connectivity index (χ2n) is 5.92. The summed E-state index contributed by atoms with van der Waals surface area (Å²) in [5, 5.41) is 15.9. The summed E-state index contributed by atoms with van der Waals surface area (Å²) in [6.07, 6.45) is 1.11. The van der Waals surface area contributed by atoms with Crippen LogP contribution in [-0.4, -0.2) is 49.9 Å². The zero-order chi connectivity index (χ0) is 15.8. The maximum atomic E-state index is 9.11. The fourth-order valence-corrected chi connectivity index (χ4v) is 2.57. The Balaban J connectivity index is 1.88. The molecule has 3 N–H and O–H groups in total. The van der Waals surface area contributed by atoms with Crippen molar-refractivity contribution >= 4 is 11.6 Å². The molecule has 0 amide bonds. The fourth-order valence-electron chi connectivity index (χ4n) is 2.57. The van der Waals surface area contributed by atoms with Crippen LogP contribution < -0.4 is 15.5 Å². The van der Waals surface area contributed by atoms with E-state index in [-0.39, 0.29) is 12.5 Å². The number of anilines is 1. The average Bonchev–Trinajstić information content (AvgIpc) is 3.02. The van der Waals surface area contributed by atoms with Gasteiger partial charge in [0.2, 0.25) is 0 Å². The van der Waals surface area contributed by atoms with Crippen molar-refractivity contribution < 1.29 is 5.11 Å². The Morgan fingerprint density at radius 3 is 2.86 bits per heavy atom. The predicted molar refractivity (Wildman–Crippen MR) is 92.4 cm³/mol. The molecule has 0 spiro atoms. The molecule has 1 aliphatic rings. The Kier molecular flexibility index (Phi) is 6.52. The van der Waals surface area contributed by atoms with Gasteiger partial charge < -0.3 is 20.6 Å². The summed E-state index contributed by atoms with van der Waals surface area (Å²) >= 11 is 0. The first-order valence-electron chi connectivity index (χ1n) is 8.18. The van der Waals surface area contributed by atoms with Crippen molar-refractivity contribution in [1.29, 1.82) is 0 Å². The molecular weight excluding hydrogens is 276 g/mol. The molecule has 0 aromatic heterocycles. The van der Waals surface area contributed by atoms with Crippen LogP contribution in [-0.2, 0) is 0 Å². The number of aliphatic hydroxyl groups excluding tert-OH is 1. The lowest BCUT2D eigenvalue weighted by Gasteiger charge is -2.20. The number of rotatable bonds is 6. The predicted octanol–water partition coefficient (Wildman–Crippen LogP) is 1.45. The van der Waals surface area contributed by atoms with Gasteiger partial charge in [0.25, 0.3) is 0 Å². The van der Waals surface area contributed by atoms with Crippen molar-refractivity contribution in [3.63, 3.8) is 0 Å². The third kappa shape index (κ3) is 4.91. The van der Waals surface area contributed by atoms with Crippen LogP contribution >= 0.6 is 0 Å². The summed E-state index contributed by atoms with van der Waals surface area (Å²) in [6.45, 7) is 7.78. The molecule has 2 rings (SSSR count). The number of benzene rings is 1.